The minimum absolute atomic E-state index is 0.220. The number of carboxylic acid groups (broad SMARTS) is 1. The standard InChI is InChI=1S/C19H25FN4O2/c1-11(21-2)12-5-6-23(9-12)18-16(20)8-13-7-14(19(25)26)10-24(15-3-4-15)17(13)22-18/h8,10-12,15,21H,3-7,9H2,1-2H3,(H,25,26)/t11-,12+/m0/s1. The van der Waals surface area contributed by atoms with Crippen LogP contribution in [0.15, 0.2) is 17.8 Å². The summed E-state index contributed by atoms with van der Waals surface area (Å²) in [5.41, 5.74) is 0.958. The fraction of sp³-hybridized carbons (Fsp3) is 0.579. The zero-order valence-electron chi connectivity index (χ0n) is 15.2. The van der Waals surface area contributed by atoms with E-state index in [4.69, 9.17) is 0 Å². The van der Waals surface area contributed by atoms with Gasteiger partial charge in [-0.1, -0.05) is 0 Å². The monoisotopic (exact) mass is 360 g/mol. The third kappa shape index (κ3) is 3.05. The normalized spacial score (nSPS) is 23.7. The van der Waals surface area contributed by atoms with Gasteiger partial charge < -0.3 is 20.2 Å². The van der Waals surface area contributed by atoms with Gasteiger partial charge in [0.25, 0.3) is 0 Å². The lowest BCUT2D eigenvalue weighted by Crippen LogP contribution is -2.33. The summed E-state index contributed by atoms with van der Waals surface area (Å²) < 4.78 is 14.8. The van der Waals surface area contributed by atoms with E-state index in [2.05, 4.69) is 17.2 Å². The van der Waals surface area contributed by atoms with Gasteiger partial charge in [-0.3, -0.25) is 0 Å². The lowest BCUT2D eigenvalue weighted by Gasteiger charge is -2.29. The average Bonchev–Trinajstić information content (AvgIpc) is 3.36. The number of aromatic nitrogens is 1. The molecule has 1 aromatic rings. The highest BCUT2D eigenvalue weighted by atomic mass is 19.1. The predicted molar refractivity (Wildman–Crippen MR) is 98.0 cm³/mol. The highest BCUT2D eigenvalue weighted by Crippen LogP contribution is 2.39. The molecule has 3 aliphatic rings. The van der Waals surface area contributed by atoms with E-state index < -0.39 is 5.97 Å². The Labute approximate surface area is 152 Å². The van der Waals surface area contributed by atoms with E-state index in [1.54, 1.807) is 6.20 Å². The Kier molecular flexibility index (Phi) is 4.34. The van der Waals surface area contributed by atoms with Gasteiger partial charge in [0.2, 0.25) is 0 Å². The molecule has 26 heavy (non-hydrogen) atoms. The van der Waals surface area contributed by atoms with Crippen molar-refractivity contribution >= 4 is 17.6 Å². The van der Waals surface area contributed by atoms with Crippen molar-refractivity contribution < 1.29 is 14.3 Å². The molecular weight excluding hydrogens is 335 g/mol. The Bertz CT molecular complexity index is 762. The zero-order chi connectivity index (χ0) is 18.4. The summed E-state index contributed by atoms with van der Waals surface area (Å²) >= 11 is 0. The van der Waals surface area contributed by atoms with Crippen LogP contribution in [0.4, 0.5) is 16.0 Å². The smallest absolute Gasteiger partial charge is 0.333 e. The summed E-state index contributed by atoms with van der Waals surface area (Å²) in [6.45, 7) is 3.72. The Morgan fingerprint density at radius 3 is 2.81 bits per heavy atom. The number of halogens is 1. The number of anilines is 2. The average molecular weight is 360 g/mol. The first-order valence-electron chi connectivity index (χ1n) is 9.32. The van der Waals surface area contributed by atoms with Gasteiger partial charge >= 0.3 is 5.97 Å². The molecule has 2 aliphatic heterocycles. The highest BCUT2D eigenvalue weighted by Gasteiger charge is 2.36. The molecule has 0 aromatic carbocycles. The summed E-state index contributed by atoms with van der Waals surface area (Å²) in [5.74, 6) is 0.278. The fourth-order valence-corrected chi connectivity index (χ4v) is 3.95. The van der Waals surface area contributed by atoms with E-state index in [-0.39, 0.29) is 18.3 Å². The number of carboxylic acids is 1. The number of hydrogen-bond donors (Lipinski definition) is 2. The molecule has 1 saturated carbocycles. The molecule has 2 fully saturated rings. The number of nitrogens with one attached hydrogen (secondary N) is 1. The maximum Gasteiger partial charge on any atom is 0.333 e. The van der Waals surface area contributed by atoms with Crippen LogP contribution in [0.1, 0.15) is 31.7 Å². The van der Waals surface area contributed by atoms with Crippen molar-refractivity contribution in [2.45, 2.75) is 44.7 Å². The van der Waals surface area contributed by atoms with Crippen LogP contribution in [-0.2, 0) is 11.2 Å². The summed E-state index contributed by atoms with van der Waals surface area (Å²) in [7, 11) is 1.95. The maximum atomic E-state index is 14.8. The van der Waals surface area contributed by atoms with Gasteiger partial charge in [-0.2, -0.15) is 0 Å². The van der Waals surface area contributed by atoms with E-state index >= 15 is 0 Å². The van der Waals surface area contributed by atoms with Gasteiger partial charge in [0.1, 0.15) is 5.82 Å². The molecule has 140 valence electrons. The largest absolute Gasteiger partial charge is 0.478 e. The molecule has 0 radical (unpaired) electrons. The van der Waals surface area contributed by atoms with Crippen LogP contribution in [0.5, 0.6) is 0 Å². The van der Waals surface area contributed by atoms with Gasteiger partial charge in [-0.25, -0.2) is 14.2 Å². The zero-order valence-corrected chi connectivity index (χ0v) is 15.2. The van der Waals surface area contributed by atoms with Gasteiger partial charge in [-0.15, -0.1) is 0 Å². The number of hydrogen-bond acceptors (Lipinski definition) is 5. The number of nitrogens with zero attached hydrogens (tertiary/aromatic N) is 3. The Hall–Kier alpha value is -2.15. The Morgan fingerprint density at radius 1 is 1.38 bits per heavy atom. The van der Waals surface area contributed by atoms with Crippen LogP contribution in [0.3, 0.4) is 0 Å². The molecule has 0 amide bonds. The molecule has 1 saturated heterocycles. The molecule has 3 heterocycles. The maximum absolute atomic E-state index is 14.8. The molecule has 6 nitrogen and oxygen atoms in total. The fourth-order valence-electron chi connectivity index (χ4n) is 3.95. The number of rotatable bonds is 5. The van der Waals surface area contributed by atoms with Crippen LogP contribution in [-0.4, -0.2) is 48.3 Å². The van der Waals surface area contributed by atoms with Crippen molar-refractivity contribution in [2.24, 2.45) is 5.92 Å². The molecule has 7 heteroatoms. The molecule has 2 N–H and O–H groups in total. The first kappa shape index (κ1) is 17.3. The van der Waals surface area contributed by atoms with Gasteiger partial charge in [0.15, 0.2) is 11.6 Å². The summed E-state index contributed by atoms with van der Waals surface area (Å²) in [6, 6.07) is 2.15. The van der Waals surface area contributed by atoms with Crippen molar-refractivity contribution in [1.29, 1.82) is 0 Å². The molecule has 0 bridgehead atoms. The predicted octanol–water partition coefficient (Wildman–Crippen LogP) is 2.15. The van der Waals surface area contributed by atoms with Gasteiger partial charge in [-0.05, 0) is 45.2 Å². The summed E-state index contributed by atoms with van der Waals surface area (Å²) in [6.07, 6.45) is 4.95. The van der Waals surface area contributed by atoms with Crippen LogP contribution >= 0.6 is 0 Å². The highest BCUT2D eigenvalue weighted by molar-refractivity contribution is 5.89. The van der Waals surface area contributed by atoms with E-state index in [0.717, 1.165) is 38.2 Å². The summed E-state index contributed by atoms with van der Waals surface area (Å²) in [5, 5.41) is 12.6. The van der Waals surface area contributed by atoms with Crippen LogP contribution < -0.4 is 15.1 Å². The SMILES string of the molecule is CN[C@@H](C)[C@@H]1CCN(c2nc3c(cc2F)CC(C(=O)O)=CN3C2CC2)C1. The van der Waals surface area contributed by atoms with Crippen molar-refractivity contribution in [3.63, 3.8) is 0 Å². The van der Waals surface area contributed by atoms with Crippen molar-refractivity contribution in [3.8, 4) is 0 Å². The lowest BCUT2D eigenvalue weighted by molar-refractivity contribution is -0.132. The molecule has 0 spiro atoms. The van der Waals surface area contributed by atoms with Crippen LogP contribution in [0, 0.1) is 11.7 Å². The minimum atomic E-state index is -0.950. The quantitative estimate of drug-likeness (QED) is 0.839. The van der Waals surface area contributed by atoms with Gasteiger partial charge in [0.05, 0.1) is 5.57 Å². The van der Waals surface area contributed by atoms with E-state index in [9.17, 15) is 14.3 Å². The van der Waals surface area contributed by atoms with Crippen molar-refractivity contribution in [1.82, 2.24) is 10.3 Å². The molecule has 0 unspecified atom stereocenters. The van der Waals surface area contributed by atoms with E-state index in [1.807, 2.05) is 16.8 Å². The molecule has 1 aliphatic carbocycles. The third-order valence-electron chi connectivity index (χ3n) is 5.84. The molecule has 4 rings (SSSR count). The molecule has 1 aromatic heterocycles. The minimum Gasteiger partial charge on any atom is -0.478 e. The van der Waals surface area contributed by atoms with Gasteiger partial charge in [0, 0.05) is 43.4 Å². The molecule has 2 atom stereocenters. The van der Waals surface area contributed by atoms with Crippen LogP contribution in [0.2, 0.25) is 0 Å². The number of pyridine rings is 1. The lowest BCUT2D eigenvalue weighted by atomic mass is 10.0. The second kappa shape index (κ2) is 6.54. The van der Waals surface area contributed by atoms with Crippen molar-refractivity contribution in [2.75, 3.05) is 29.9 Å². The third-order valence-corrected chi connectivity index (χ3v) is 5.84. The molecular formula is C19H25FN4O2. The van der Waals surface area contributed by atoms with Crippen LogP contribution in [0.25, 0.3) is 0 Å². The first-order valence-corrected chi connectivity index (χ1v) is 9.32. The Morgan fingerprint density at radius 2 is 2.15 bits per heavy atom. The second-order valence-corrected chi connectivity index (χ2v) is 7.62. The first-order chi connectivity index (χ1) is 12.5. The topological polar surface area (TPSA) is 68.7 Å². The second-order valence-electron chi connectivity index (χ2n) is 7.62. The number of aliphatic carboxylic acids is 1. The number of fused-ring (bicyclic) bond motifs is 1. The summed E-state index contributed by atoms with van der Waals surface area (Å²) in [4.78, 5) is 20.1. The van der Waals surface area contributed by atoms with Crippen molar-refractivity contribution in [3.05, 3.63) is 29.2 Å². The number of carbonyl (C=O) groups is 1. The van der Waals surface area contributed by atoms with E-state index in [0.29, 0.717) is 28.9 Å². The van der Waals surface area contributed by atoms with E-state index in [1.165, 1.54) is 6.07 Å². The Balaban J connectivity index is 1.65.